The van der Waals surface area contributed by atoms with Gasteiger partial charge in [0.25, 0.3) is 5.56 Å². The lowest BCUT2D eigenvalue weighted by Crippen LogP contribution is -2.23. The van der Waals surface area contributed by atoms with Gasteiger partial charge in [0.15, 0.2) is 5.16 Å². The fourth-order valence-electron chi connectivity index (χ4n) is 3.54. The summed E-state index contributed by atoms with van der Waals surface area (Å²) in [5, 5.41) is 1.22. The molecule has 3 aromatic carbocycles. The van der Waals surface area contributed by atoms with E-state index in [4.69, 9.17) is 4.98 Å². The van der Waals surface area contributed by atoms with E-state index < -0.39 is 0 Å². The first-order valence-electron chi connectivity index (χ1n) is 9.99. The number of aromatic nitrogens is 2. The van der Waals surface area contributed by atoms with Gasteiger partial charge in [0.05, 0.1) is 16.6 Å². The van der Waals surface area contributed by atoms with Gasteiger partial charge >= 0.3 is 0 Å². The number of benzene rings is 3. The standard InChI is InChI=1S/C25H23FN2OS/c1-16(2)20-8-5-7-11-23(20)28-24(29)21-9-4-6-10-22(21)27-25(28)30-17(3)18-12-14-19(26)15-13-18/h4-17H,1-3H3/t17-/m0/s1. The summed E-state index contributed by atoms with van der Waals surface area (Å²) in [6.45, 7) is 6.27. The molecular formula is C25H23FN2OS. The second-order valence-electron chi connectivity index (χ2n) is 7.58. The number of thioether (sulfide) groups is 1. The molecule has 0 aliphatic heterocycles. The van der Waals surface area contributed by atoms with Gasteiger partial charge in [0, 0.05) is 5.25 Å². The van der Waals surface area contributed by atoms with E-state index in [1.54, 1.807) is 16.7 Å². The lowest BCUT2D eigenvalue weighted by atomic mass is 10.0. The van der Waals surface area contributed by atoms with Crippen molar-refractivity contribution in [3.8, 4) is 5.69 Å². The third kappa shape index (κ3) is 3.90. The van der Waals surface area contributed by atoms with Gasteiger partial charge in [-0.3, -0.25) is 9.36 Å². The van der Waals surface area contributed by atoms with Crippen molar-refractivity contribution in [3.63, 3.8) is 0 Å². The molecule has 0 N–H and O–H groups in total. The van der Waals surface area contributed by atoms with E-state index >= 15 is 0 Å². The Kier molecular flexibility index (Phi) is 5.73. The van der Waals surface area contributed by atoms with Crippen molar-refractivity contribution >= 4 is 22.7 Å². The van der Waals surface area contributed by atoms with E-state index in [-0.39, 0.29) is 22.5 Å². The molecule has 0 aliphatic rings. The SMILES string of the molecule is CC(C)c1ccccc1-n1c(S[C@@H](C)c2ccc(F)cc2)nc2ccccc2c1=O. The molecule has 0 amide bonds. The lowest BCUT2D eigenvalue weighted by Gasteiger charge is -2.20. The second kappa shape index (κ2) is 8.44. The molecule has 0 spiro atoms. The largest absolute Gasteiger partial charge is 0.268 e. The maximum atomic E-state index is 13.5. The number of halogens is 1. The Hall–Kier alpha value is -2.92. The molecule has 1 atom stereocenters. The first kappa shape index (κ1) is 20.4. The van der Waals surface area contributed by atoms with Gasteiger partial charge < -0.3 is 0 Å². The molecule has 0 fully saturated rings. The van der Waals surface area contributed by atoms with Crippen LogP contribution in [0.3, 0.4) is 0 Å². The van der Waals surface area contributed by atoms with Gasteiger partial charge in [-0.15, -0.1) is 0 Å². The second-order valence-corrected chi connectivity index (χ2v) is 8.89. The summed E-state index contributed by atoms with van der Waals surface area (Å²) in [4.78, 5) is 18.4. The van der Waals surface area contributed by atoms with Crippen molar-refractivity contribution in [1.29, 1.82) is 0 Å². The van der Waals surface area contributed by atoms with Crippen LogP contribution in [-0.2, 0) is 0 Å². The third-order valence-electron chi connectivity index (χ3n) is 5.17. The van der Waals surface area contributed by atoms with Crippen LogP contribution < -0.4 is 5.56 Å². The minimum atomic E-state index is -0.262. The minimum Gasteiger partial charge on any atom is -0.268 e. The van der Waals surface area contributed by atoms with Crippen molar-refractivity contribution < 1.29 is 4.39 Å². The van der Waals surface area contributed by atoms with Crippen LogP contribution in [0.5, 0.6) is 0 Å². The fourth-order valence-corrected chi connectivity index (χ4v) is 4.59. The summed E-state index contributed by atoms with van der Waals surface area (Å²) >= 11 is 1.50. The zero-order valence-electron chi connectivity index (χ0n) is 17.2. The van der Waals surface area contributed by atoms with E-state index in [0.29, 0.717) is 16.1 Å². The van der Waals surface area contributed by atoms with Crippen molar-refractivity contribution in [3.05, 3.63) is 100 Å². The van der Waals surface area contributed by atoms with Crippen LogP contribution in [0.2, 0.25) is 0 Å². The van der Waals surface area contributed by atoms with Crippen LogP contribution in [0.15, 0.2) is 82.7 Å². The normalized spacial score (nSPS) is 12.4. The van der Waals surface area contributed by atoms with Crippen LogP contribution in [0, 0.1) is 5.82 Å². The van der Waals surface area contributed by atoms with Gasteiger partial charge in [-0.1, -0.05) is 68.1 Å². The predicted octanol–water partition coefficient (Wildman–Crippen LogP) is 6.50. The van der Waals surface area contributed by atoms with Crippen LogP contribution in [0.4, 0.5) is 4.39 Å². The van der Waals surface area contributed by atoms with E-state index in [2.05, 4.69) is 19.9 Å². The highest BCUT2D eigenvalue weighted by molar-refractivity contribution is 7.99. The summed E-state index contributed by atoms with van der Waals surface area (Å²) < 4.78 is 15.1. The van der Waals surface area contributed by atoms with Gasteiger partial charge in [-0.2, -0.15) is 0 Å². The number of hydrogen-bond donors (Lipinski definition) is 0. The third-order valence-corrected chi connectivity index (χ3v) is 6.28. The molecule has 0 saturated heterocycles. The topological polar surface area (TPSA) is 34.9 Å². The van der Waals surface area contributed by atoms with Gasteiger partial charge in [0.1, 0.15) is 5.82 Å². The first-order valence-corrected chi connectivity index (χ1v) is 10.9. The van der Waals surface area contributed by atoms with Gasteiger partial charge in [0.2, 0.25) is 0 Å². The number of rotatable bonds is 5. The average Bonchev–Trinajstić information content (AvgIpc) is 2.74. The zero-order chi connectivity index (χ0) is 21.3. The highest BCUT2D eigenvalue weighted by Crippen LogP contribution is 2.36. The van der Waals surface area contributed by atoms with Crippen LogP contribution in [-0.4, -0.2) is 9.55 Å². The van der Waals surface area contributed by atoms with E-state index in [1.807, 2.05) is 49.4 Å². The Morgan fingerprint density at radius 1 is 0.900 bits per heavy atom. The van der Waals surface area contributed by atoms with Crippen LogP contribution in [0.25, 0.3) is 16.6 Å². The van der Waals surface area contributed by atoms with Crippen molar-refractivity contribution in [2.45, 2.75) is 37.1 Å². The minimum absolute atomic E-state index is 0.00359. The highest BCUT2D eigenvalue weighted by Gasteiger charge is 2.19. The fraction of sp³-hybridized carbons (Fsp3) is 0.200. The number of para-hydroxylation sites is 2. The monoisotopic (exact) mass is 418 g/mol. The Morgan fingerprint density at radius 2 is 1.57 bits per heavy atom. The van der Waals surface area contributed by atoms with Crippen molar-refractivity contribution in [2.24, 2.45) is 0 Å². The Labute approximate surface area is 179 Å². The molecule has 5 heteroatoms. The summed E-state index contributed by atoms with van der Waals surface area (Å²) in [6, 6.07) is 21.9. The van der Waals surface area contributed by atoms with Gasteiger partial charge in [-0.25, -0.2) is 9.37 Å². The molecule has 152 valence electrons. The Morgan fingerprint density at radius 3 is 2.30 bits per heavy atom. The van der Waals surface area contributed by atoms with Crippen molar-refractivity contribution in [1.82, 2.24) is 9.55 Å². The molecule has 0 aliphatic carbocycles. The highest BCUT2D eigenvalue weighted by atomic mass is 32.2. The number of fused-ring (bicyclic) bond motifs is 1. The lowest BCUT2D eigenvalue weighted by molar-refractivity contribution is 0.627. The summed E-state index contributed by atoms with van der Waals surface area (Å²) in [7, 11) is 0. The van der Waals surface area contributed by atoms with E-state index in [0.717, 1.165) is 16.8 Å². The molecular weight excluding hydrogens is 395 g/mol. The first-order chi connectivity index (χ1) is 14.5. The van der Waals surface area contributed by atoms with E-state index in [1.165, 1.54) is 23.9 Å². The number of nitrogens with zero attached hydrogens (tertiary/aromatic N) is 2. The summed E-state index contributed by atoms with van der Waals surface area (Å²) in [5.74, 6) is -0.00510. The molecule has 30 heavy (non-hydrogen) atoms. The maximum Gasteiger partial charge on any atom is 0.266 e. The molecule has 0 radical (unpaired) electrons. The summed E-state index contributed by atoms with van der Waals surface area (Å²) in [5.41, 5.74) is 3.52. The molecule has 0 unspecified atom stereocenters. The van der Waals surface area contributed by atoms with E-state index in [9.17, 15) is 9.18 Å². The molecule has 3 nitrogen and oxygen atoms in total. The number of hydrogen-bond acceptors (Lipinski definition) is 3. The van der Waals surface area contributed by atoms with Crippen molar-refractivity contribution in [2.75, 3.05) is 0 Å². The summed E-state index contributed by atoms with van der Waals surface area (Å²) in [6.07, 6.45) is 0. The molecule has 4 aromatic rings. The Bertz CT molecular complexity index is 1250. The molecule has 0 bridgehead atoms. The Balaban J connectivity index is 1.91. The predicted molar refractivity (Wildman–Crippen MR) is 122 cm³/mol. The molecule has 4 rings (SSSR count). The van der Waals surface area contributed by atoms with Crippen LogP contribution in [0.1, 0.15) is 43.1 Å². The molecule has 1 heterocycles. The average molecular weight is 419 g/mol. The quantitative estimate of drug-likeness (QED) is 0.274. The van der Waals surface area contributed by atoms with Gasteiger partial charge in [-0.05, 0) is 54.3 Å². The van der Waals surface area contributed by atoms with Crippen LogP contribution >= 0.6 is 11.8 Å². The smallest absolute Gasteiger partial charge is 0.266 e. The molecule has 0 saturated carbocycles. The zero-order valence-corrected chi connectivity index (χ0v) is 18.0. The molecule has 1 aromatic heterocycles. The maximum absolute atomic E-state index is 13.5.